The average Bonchev–Trinajstić information content (AvgIpc) is 2.10. The Morgan fingerprint density at radius 3 is 2.62 bits per heavy atom. The van der Waals surface area contributed by atoms with Crippen molar-refractivity contribution in [3.05, 3.63) is 21.6 Å². The van der Waals surface area contributed by atoms with Crippen molar-refractivity contribution in [2.45, 2.75) is 37.6 Å². The number of carbonyl (C=O) groups is 1. The van der Waals surface area contributed by atoms with Gasteiger partial charge in [-0.05, 0) is 6.92 Å². The minimum absolute atomic E-state index is 0.160. The zero-order valence-corrected chi connectivity index (χ0v) is 10.2. The summed E-state index contributed by atoms with van der Waals surface area (Å²) in [6, 6.07) is 0. The quantitative estimate of drug-likeness (QED) is 0.586. The fourth-order valence-electron chi connectivity index (χ4n) is 1.22. The van der Waals surface area contributed by atoms with Gasteiger partial charge in [0.05, 0.1) is 0 Å². The molecule has 0 atom stereocenters. The molecule has 1 aromatic rings. The standard InChI is InChI=1S/C10H14N2O3S/c1-5(2)16-10-11-6(3)7(4-8(13)14)9(15)12-10/h5H,4H2,1-3H3,(H,13,14)(H,11,12,15)/p-1. The third-order valence-corrected chi connectivity index (χ3v) is 2.76. The molecule has 0 fully saturated rings. The molecule has 1 aromatic heterocycles. The zero-order valence-electron chi connectivity index (χ0n) is 9.36. The molecule has 0 saturated heterocycles. The summed E-state index contributed by atoms with van der Waals surface area (Å²) in [5.41, 5.74) is 0.198. The predicted molar refractivity (Wildman–Crippen MR) is 59.3 cm³/mol. The molecule has 0 saturated carbocycles. The fraction of sp³-hybridized carbons (Fsp3) is 0.500. The van der Waals surface area contributed by atoms with Crippen LogP contribution in [0.15, 0.2) is 9.95 Å². The van der Waals surface area contributed by atoms with E-state index >= 15 is 0 Å². The summed E-state index contributed by atoms with van der Waals surface area (Å²) in [5.74, 6) is -1.28. The van der Waals surface area contributed by atoms with Crippen LogP contribution in [-0.4, -0.2) is 21.2 Å². The number of hydrogen-bond acceptors (Lipinski definition) is 5. The molecule has 0 bridgehead atoms. The second-order valence-electron chi connectivity index (χ2n) is 3.65. The molecule has 5 nitrogen and oxygen atoms in total. The van der Waals surface area contributed by atoms with Gasteiger partial charge in [0.2, 0.25) is 0 Å². The van der Waals surface area contributed by atoms with Crippen LogP contribution >= 0.6 is 11.8 Å². The highest BCUT2D eigenvalue weighted by Crippen LogP contribution is 2.17. The van der Waals surface area contributed by atoms with Crippen molar-refractivity contribution < 1.29 is 9.90 Å². The molecule has 0 spiro atoms. The van der Waals surface area contributed by atoms with Gasteiger partial charge < -0.3 is 14.9 Å². The number of nitrogens with one attached hydrogen (secondary N) is 1. The van der Waals surface area contributed by atoms with Crippen LogP contribution in [0.3, 0.4) is 0 Å². The summed E-state index contributed by atoms with van der Waals surface area (Å²) in [5, 5.41) is 11.3. The summed E-state index contributed by atoms with van der Waals surface area (Å²) in [6.07, 6.45) is -0.402. The first-order valence-corrected chi connectivity index (χ1v) is 5.74. The molecule has 6 heteroatoms. The van der Waals surface area contributed by atoms with Gasteiger partial charge in [-0.1, -0.05) is 25.6 Å². The summed E-state index contributed by atoms with van der Waals surface area (Å²) < 4.78 is 0. The third-order valence-electron chi connectivity index (χ3n) is 1.87. The highest BCUT2D eigenvalue weighted by Gasteiger charge is 2.09. The Morgan fingerprint density at radius 1 is 1.56 bits per heavy atom. The number of hydrogen-bond donors (Lipinski definition) is 1. The maximum absolute atomic E-state index is 11.6. The first kappa shape index (κ1) is 12.8. The van der Waals surface area contributed by atoms with E-state index in [-0.39, 0.29) is 5.56 Å². The van der Waals surface area contributed by atoms with E-state index in [1.165, 1.54) is 11.8 Å². The second-order valence-corrected chi connectivity index (χ2v) is 5.22. The van der Waals surface area contributed by atoms with E-state index in [0.29, 0.717) is 16.1 Å². The lowest BCUT2D eigenvalue weighted by Gasteiger charge is -2.08. The molecule has 1 N–H and O–H groups in total. The molecule has 0 unspecified atom stereocenters. The van der Waals surface area contributed by atoms with Crippen molar-refractivity contribution in [3.63, 3.8) is 0 Å². The smallest absolute Gasteiger partial charge is 0.255 e. The van der Waals surface area contributed by atoms with Crippen LogP contribution in [-0.2, 0) is 11.2 Å². The van der Waals surface area contributed by atoms with Crippen LogP contribution in [0.5, 0.6) is 0 Å². The predicted octanol–water partition coefficient (Wildman–Crippen LogP) is -0.129. The maximum Gasteiger partial charge on any atom is 0.255 e. The zero-order chi connectivity index (χ0) is 12.3. The van der Waals surface area contributed by atoms with Crippen LogP contribution in [0, 0.1) is 6.92 Å². The Balaban J connectivity index is 3.07. The molecule has 0 radical (unpaired) electrons. The number of rotatable bonds is 4. The van der Waals surface area contributed by atoms with Crippen LogP contribution in [0.25, 0.3) is 0 Å². The number of nitrogens with zero attached hydrogens (tertiary/aromatic N) is 1. The Hall–Kier alpha value is -1.30. The second kappa shape index (κ2) is 5.16. The molecule has 0 aliphatic heterocycles. The number of aryl methyl sites for hydroxylation is 1. The van der Waals surface area contributed by atoms with Gasteiger partial charge in [0.1, 0.15) is 0 Å². The van der Waals surface area contributed by atoms with Crippen molar-refractivity contribution in [2.24, 2.45) is 0 Å². The number of aromatic amines is 1. The van der Waals surface area contributed by atoms with Crippen molar-refractivity contribution in [3.8, 4) is 0 Å². The van der Waals surface area contributed by atoms with Crippen molar-refractivity contribution in [1.82, 2.24) is 9.97 Å². The number of aromatic nitrogens is 2. The van der Waals surface area contributed by atoms with Crippen molar-refractivity contribution in [2.75, 3.05) is 0 Å². The lowest BCUT2D eigenvalue weighted by atomic mass is 10.2. The molecule has 0 aliphatic carbocycles. The molecular formula is C10H13N2O3S-. The minimum atomic E-state index is -1.28. The number of H-pyrrole nitrogens is 1. The van der Waals surface area contributed by atoms with E-state index in [1.54, 1.807) is 6.92 Å². The van der Waals surface area contributed by atoms with E-state index in [0.717, 1.165) is 0 Å². The first-order chi connectivity index (χ1) is 7.40. The summed E-state index contributed by atoms with van der Waals surface area (Å²) in [7, 11) is 0. The number of thioether (sulfide) groups is 1. The van der Waals surface area contributed by atoms with E-state index in [4.69, 9.17) is 0 Å². The summed E-state index contributed by atoms with van der Waals surface area (Å²) in [6.45, 7) is 5.59. The Labute approximate surface area is 97.3 Å². The first-order valence-electron chi connectivity index (χ1n) is 4.86. The van der Waals surface area contributed by atoms with E-state index in [9.17, 15) is 14.7 Å². The highest BCUT2D eigenvalue weighted by atomic mass is 32.2. The van der Waals surface area contributed by atoms with Gasteiger partial charge >= 0.3 is 0 Å². The molecule has 0 amide bonds. The molecule has 0 aliphatic rings. The van der Waals surface area contributed by atoms with Gasteiger partial charge in [0.15, 0.2) is 5.16 Å². The van der Waals surface area contributed by atoms with Crippen molar-refractivity contribution in [1.29, 1.82) is 0 Å². The molecule has 1 rings (SSSR count). The maximum atomic E-state index is 11.6. The fourth-order valence-corrected chi connectivity index (χ4v) is 2.00. The van der Waals surface area contributed by atoms with Crippen LogP contribution in [0.1, 0.15) is 25.1 Å². The number of carbonyl (C=O) groups excluding carboxylic acids is 1. The number of aliphatic carboxylic acids is 1. The lowest BCUT2D eigenvalue weighted by molar-refractivity contribution is -0.304. The Morgan fingerprint density at radius 2 is 2.19 bits per heavy atom. The van der Waals surface area contributed by atoms with Gasteiger partial charge in [-0.25, -0.2) is 4.98 Å². The largest absolute Gasteiger partial charge is 0.550 e. The third kappa shape index (κ3) is 3.37. The molecule has 0 aromatic carbocycles. The monoisotopic (exact) mass is 241 g/mol. The molecule has 88 valence electrons. The minimum Gasteiger partial charge on any atom is -0.550 e. The average molecular weight is 241 g/mol. The number of carboxylic acid groups (broad SMARTS) is 1. The van der Waals surface area contributed by atoms with Crippen LogP contribution in [0.4, 0.5) is 0 Å². The lowest BCUT2D eigenvalue weighted by Crippen LogP contribution is -2.29. The van der Waals surface area contributed by atoms with Crippen LogP contribution in [0.2, 0.25) is 0 Å². The van der Waals surface area contributed by atoms with E-state index in [2.05, 4.69) is 9.97 Å². The normalized spacial score (nSPS) is 10.8. The Kier molecular flexibility index (Phi) is 4.12. The molecule has 1 heterocycles. The summed E-state index contributed by atoms with van der Waals surface area (Å²) >= 11 is 1.42. The highest BCUT2D eigenvalue weighted by molar-refractivity contribution is 7.99. The van der Waals surface area contributed by atoms with Gasteiger partial charge in [-0.2, -0.15) is 0 Å². The van der Waals surface area contributed by atoms with E-state index in [1.807, 2.05) is 13.8 Å². The Bertz CT molecular complexity index is 454. The molecular weight excluding hydrogens is 228 g/mol. The SMILES string of the molecule is Cc1nc(SC(C)C)[nH]c(=O)c1CC(=O)[O-]. The summed E-state index contributed by atoms with van der Waals surface area (Å²) in [4.78, 5) is 28.7. The van der Waals surface area contributed by atoms with Gasteiger partial charge in [-0.15, -0.1) is 0 Å². The topological polar surface area (TPSA) is 85.9 Å². The van der Waals surface area contributed by atoms with Gasteiger partial charge in [0, 0.05) is 28.9 Å². The van der Waals surface area contributed by atoms with Crippen LogP contribution < -0.4 is 10.7 Å². The van der Waals surface area contributed by atoms with E-state index < -0.39 is 17.9 Å². The van der Waals surface area contributed by atoms with Gasteiger partial charge in [0.25, 0.3) is 5.56 Å². The molecule has 16 heavy (non-hydrogen) atoms. The van der Waals surface area contributed by atoms with Gasteiger partial charge in [-0.3, -0.25) is 4.79 Å². The number of carboxylic acids is 1. The van der Waals surface area contributed by atoms with Crippen molar-refractivity contribution >= 4 is 17.7 Å².